The van der Waals surface area contributed by atoms with Crippen molar-refractivity contribution in [1.29, 1.82) is 0 Å². The number of benzene rings is 2. The van der Waals surface area contributed by atoms with E-state index in [1.54, 1.807) is 0 Å². The molecule has 1 amide bonds. The first-order valence-corrected chi connectivity index (χ1v) is 11.7. The van der Waals surface area contributed by atoms with Gasteiger partial charge in [0.1, 0.15) is 0 Å². The highest BCUT2D eigenvalue weighted by molar-refractivity contribution is 5.98. The minimum Gasteiger partial charge on any atom is -0.369 e. The van der Waals surface area contributed by atoms with E-state index in [9.17, 15) is 4.79 Å². The lowest BCUT2D eigenvalue weighted by atomic mass is 9.99. The number of carbonyl (C=O) groups is 1. The monoisotopic (exact) mass is 428 g/mol. The maximum absolute atomic E-state index is 13.5. The Labute approximate surface area is 190 Å². The van der Waals surface area contributed by atoms with Crippen LogP contribution < -0.4 is 10.2 Å². The molecule has 2 heterocycles. The molecule has 0 atom stereocenters. The predicted octanol–water partition coefficient (Wildman–Crippen LogP) is 4.49. The number of hydrogen-bond donors (Lipinski definition) is 1. The van der Waals surface area contributed by atoms with E-state index in [4.69, 9.17) is 0 Å². The average Bonchev–Trinajstić information content (AvgIpc) is 3.59. The minimum absolute atomic E-state index is 0.0172. The highest BCUT2D eigenvalue weighted by Crippen LogP contribution is 2.47. The summed E-state index contributed by atoms with van der Waals surface area (Å²) in [5.41, 5.74) is 4.80. The minimum atomic E-state index is -0.287. The second kappa shape index (κ2) is 8.21. The fourth-order valence-electron chi connectivity index (χ4n) is 4.93. The van der Waals surface area contributed by atoms with Gasteiger partial charge in [0.15, 0.2) is 0 Å². The molecule has 1 aliphatic heterocycles. The number of pyridine rings is 1. The summed E-state index contributed by atoms with van der Waals surface area (Å²) in [7, 11) is 0. The molecule has 0 spiro atoms. The average molecular weight is 429 g/mol. The van der Waals surface area contributed by atoms with Crippen molar-refractivity contribution >= 4 is 22.5 Å². The smallest absolute Gasteiger partial charge is 0.252 e. The molecule has 1 saturated heterocycles. The van der Waals surface area contributed by atoms with Crippen LogP contribution in [0.1, 0.15) is 48.2 Å². The van der Waals surface area contributed by atoms with Gasteiger partial charge in [0.05, 0.1) is 11.1 Å². The Morgan fingerprint density at radius 3 is 2.50 bits per heavy atom. The molecule has 2 aromatic carbocycles. The van der Waals surface area contributed by atoms with Crippen LogP contribution in [0.15, 0.2) is 54.7 Å². The number of piperazine rings is 1. The fraction of sp³-hybridized carbons (Fsp3) is 0.407. The molecule has 5 nitrogen and oxygen atoms in total. The van der Waals surface area contributed by atoms with Crippen LogP contribution in [-0.2, 0) is 5.54 Å². The molecule has 1 N–H and O–H groups in total. The van der Waals surface area contributed by atoms with E-state index in [0.717, 1.165) is 66.7 Å². The van der Waals surface area contributed by atoms with Gasteiger partial charge in [-0.15, -0.1) is 0 Å². The number of nitrogens with zero attached hydrogens (tertiary/aromatic N) is 3. The van der Waals surface area contributed by atoms with Gasteiger partial charge in [0.2, 0.25) is 0 Å². The lowest BCUT2D eigenvalue weighted by Crippen LogP contribution is -2.49. The van der Waals surface area contributed by atoms with Gasteiger partial charge in [-0.2, -0.15) is 0 Å². The molecule has 1 aliphatic carbocycles. The molecule has 5 rings (SSSR count). The van der Waals surface area contributed by atoms with Crippen molar-refractivity contribution in [3.05, 3.63) is 71.4 Å². The third-order valence-electron chi connectivity index (χ3n) is 7.14. The lowest BCUT2D eigenvalue weighted by Gasteiger charge is -2.38. The molecular formula is C27H32N4O. The van der Waals surface area contributed by atoms with E-state index >= 15 is 0 Å². The van der Waals surface area contributed by atoms with Crippen molar-refractivity contribution in [2.75, 3.05) is 31.1 Å². The Hall–Kier alpha value is -2.92. The summed E-state index contributed by atoms with van der Waals surface area (Å²) in [6.07, 6.45) is 3.78. The van der Waals surface area contributed by atoms with Crippen LogP contribution in [0.25, 0.3) is 10.9 Å². The Morgan fingerprint density at radius 2 is 1.78 bits per heavy atom. The molecule has 0 bridgehead atoms. The summed E-state index contributed by atoms with van der Waals surface area (Å²) in [6.45, 7) is 10.6. The van der Waals surface area contributed by atoms with Gasteiger partial charge in [-0.05, 0) is 69.0 Å². The molecule has 166 valence electrons. The van der Waals surface area contributed by atoms with E-state index in [-0.39, 0.29) is 11.4 Å². The van der Waals surface area contributed by atoms with Crippen LogP contribution >= 0.6 is 0 Å². The van der Waals surface area contributed by atoms with Gasteiger partial charge < -0.3 is 10.2 Å². The van der Waals surface area contributed by atoms with E-state index in [2.05, 4.69) is 64.3 Å². The number of fused-ring (bicyclic) bond motifs is 1. The SMILES string of the molecule is Cc1ccc(N2CCN(C(C)C)CC2)cc1C(=O)NC1(c2ccnc3ccccc23)CC1. The number of aryl methyl sites for hydroxylation is 1. The van der Waals surface area contributed by atoms with Gasteiger partial charge in [-0.25, -0.2) is 0 Å². The molecule has 1 aromatic heterocycles. The molecule has 0 radical (unpaired) electrons. The van der Waals surface area contributed by atoms with Gasteiger partial charge in [-0.1, -0.05) is 24.3 Å². The van der Waals surface area contributed by atoms with Crippen LogP contribution in [0.4, 0.5) is 5.69 Å². The molecule has 0 unspecified atom stereocenters. The van der Waals surface area contributed by atoms with Crippen molar-refractivity contribution in [2.24, 2.45) is 0 Å². The number of para-hydroxylation sites is 1. The standard InChI is InChI=1S/C27H32N4O/c1-19(2)30-14-16-31(17-15-30)21-9-8-20(3)23(18-21)26(32)29-27(11-12-27)24-10-13-28-25-7-5-4-6-22(24)25/h4-10,13,18-19H,11-12,14-17H2,1-3H3,(H,29,32). The predicted molar refractivity (Wildman–Crippen MR) is 130 cm³/mol. The summed E-state index contributed by atoms with van der Waals surface area (Å²) in [4.78, 5) is 22.9. The number of hydrogen-bond acceptors (Lipinski definition) is 4. The highest BCUT2D eigenvalue weighted by Gasteiger charge is 2.47. The Bertz CT molecular complexity index is 1140. The van der Waals surface area contributed by atoms with Crippen molar-refractivity contribution < 1.29 is 4.79 Å². The normalized spacial score (nSPS) is 18.2. The summed E-state index contributed by atoms with van der Waals surface area (Å²) < 4.78 is 0. The van der Waals surface area contributed by atoms with E-state index in [1.807, 2.05) is 31.3 Å². The molecule has 1 saturated carbocycles. The fourth-order valence-corrected chi connectivity index (χ4v) is 4.93. The van der Waals surface area contributed by atoms with E-state index in [0.29, 0.717) is 6.04 Å². The van der Waals surface area contributed by atoms with Crippen molar-refractivity contribution in [3.8, 4) is 0 Å². The third-order valence-corrected chi connectivity index (χ3v) is 7.14. The van der Waals surface area contributed by atoms with Crippen molar-refractivity contribution in [1.82, 2.24) is 15.2 Å². The molecule has 5 heteroatoms. The molecule has 3 aromatic rings. The summed E-state index contributed by atoms with van der Waals surface area (Å²) >= 11 is 0. The van der Waals surface area contributed by atoms with Gasteiger partial charge in [0.25, 0.3) is 5.91 Å². The summed E-state index contributed by atoms with van der Waals surface area (Å²) in [6, 6.07) is 17.1. The van der Waals surface area contributed by atoms with Crippen LogP contribution in [0, 0.1) is 6.92 Å². The van der Waals surface area contributed by atoms with E-state index in [1.165, 1.54) is 5.56 Å². The Kier molecular flexibility index (Phi) is 5.38. The van der Waals surface area contributed by atoms with Gasteiger partial charge in [-0.3, -0.25) is 14.7 Å². The van der Waals surface area contributed by atoms with Gasteiger partial charge >= 0.3 is 0 Å². The largest absolute Gasteiger partial charge is 0.369 e. The topological polar surface area (TPSA) is 48.5 Å². The second-order valence-corrected chi connectivity index (χ2v) is 9.53. The third kappa shape index (κ3) is 3.86. The number of anilines is 1. The first kappa shape index (κ1) is 21.0. The number of aromatic nitrogens is 1. The summed E-state index contributed by atoms with van der Waals surface area (Å²) in [5.74, 6) is 0.0172. The zero-order valence-corrected chi connectivity index (χ0v) is 19.3. The van der Waals surface area contributed by atoms with Gasteiger partial charge in [0, 0.05) is 55.1 Å². The lowest BCUT2D eigenvalue weighted by molar-refractivity contribution is 0.0930. The van der Waals surface area contributed by atoms with Crippen molar-refractivity contribution in [3.63, 3.8) is 0 Å². The van der Waals surface area contributed by atoms with E-state index < -0.39 is 0 Å². The maximum atomic E-state index is 13.5. The molecule has 32 heavy (non-hydrogen) atoms. The molecular weight excluding hydrogens is 396 g/mol. The number of carbonyl (C=O) groups excluding carboxylic acids is 1. The molecule has 2 fully saturated rings. The van der Waals surface area contributed by atoms with Crippen molar-refractivity contribution in [2.45, 2.75) is 45.2 Å². The zero-order valence-electron chi connectivity index (χ0n) is 19.3. The van der Waals surface area contributed by atoms with Crippen LogP contribution in [0.3, 0.4) is 0 Å². The molecule has 2 aliphatic rings. The first-order chi connectivity index (χ1) is 15.5. The number of nitrogens with one attached hydrogen (secondary N) is 1. The Balaban J connectivity index is 1.37. The van der Waals surface area contributed by atoms with Crippen LogP contribution in [0.5, 0.6) is 0 Å². The van der Waals surface area contributed by atoms with Crippen LogP contribution in [-0.4, -0.2) is 48.0 Å². The maximum Gasteiger partial charge on any atom is 0.252 e. The van der Waals surface area contributed by atoms with Crippen LogP contribution in [0.2, 0.25) is 0 Å². The zero-order chi connectivity index (χ0) is 22.3. The Morgan fingerprint density at radius 1 is 1.03 bits per heavy atom. The summed E-state index contributed by atoms with van der Waals surface area (Å²) in [5, 5.41) is 4.52. The number of amides is 1. The number of rotatable bonds is 5. The second-order valence-electron chi connectivity index (χ2n) is 9.53. The highest BCUT2D eigenvalue weighted by atomic mass is 16.1. The quantitative estimate of drug-likeness (QED) is 0.650. The first-order valence-electron chi connectivity index (χ1n) is 11.7.